The van der Waals surface area contributed by atoms with E-state index in [0.717, 1.165) is 27.1 Å². The Morgan fingerprint density at radius 2 is 1.70 bits per heavy atom. The minimum Gasteiger partial charge on any atom is -0.325 e. The van der Waals surface area contributed by atoms with Crippen molar-refractivity contribution in [3.8, 4) is 28.5 Å². The van der Waals surface area contributed by atoms with E-state index in [1.807, 2.05) is 66.9 Å². The van der Waals surface area contributed by atoms with E-state index >= 15 is 0 Å². The van der Waals surface area contributed by atoms with Crippen LogP contribution in [0.3, 0.4) is 0 Å². The van der Waals surface area contributed by atoms with Crippen LogP contribution in [0.25, 0.3) is 28.5 Å². The number of nitrogens with zero attached hydrogens (tertiary/aromatic N) is 2. The van der Waals surface area contributed by atoms with Gasteiger partial charge in [0.05, 0.1) is 16.5 Å². The molecule has 1 amide bonds. The van der Waals surface area contributed by atoms with Crippen molar-refractivity contribution in [3.63, 3.8) is 0 Å². The monoisotopic (exact) mass is 619 g/mol. The summed E-state index contributed by atoms with van der Waals surface area (Å²) in [5.41, 5.74) is 5.77. The van der Waals surface area contributed by atoms with Gasteiger partial charge in [-0.3, -0.25) is 9.59 Å². The predicted octanol–water partition coefficient (Wildman–Crippen LogP) is 9.33. The van der Waals surface area contributed by atoms with Crippen LogP contribution in [0.2, 0.25) is 5.02 Å². The number of allylic oxidation sites excluding steroid dienone is 1. The molecule has 2 heterocycles. The number of benzene rings is 3. The molecule has 2 aromatic heterocycles. The van der Waals surface area contributed by atoms with E-state index in [0.29, 0.717) is 32.6 Å². The predicted molar refractivity (Wildman–Crippen MR) is 178 cm³/mol. The molecule has 0 spiro atoms. The fraction of sp³-hybridized carbons (Fsp3) is 0.0857. The largest absolute Gasteiger partial charge is 0.325 e. The van der Waals surface area contributed by atoms with Crippen molar-refractivity contribution >= 4 is 58.2 Å². The summed E-state index contributed by atoms with van der Waals surface area (Å²) in [5, 5.41) is 15.6. The van der Waals surface area contributed by atoms with E-state index < -0.39 is 5.25 Å². The number of nitrogens with one attached hydrogen (secondary N) is 1. The number of carbonyl (C=O) groups is 2. The second-order valence-corrected chi connectivity index (χ2v) is 12.5. The van der Waals surface area contributed by atoms with Crippen molar-refractivity contribution in [1.82, 2.24) is 4.98 Å². The average molecular weight is 620 g/mol. The Balaban J connectivity index is 1.37. The summed E-state index contributed by atoms with van der Waals surface area (Å²) in [6.07, 6.45) is 3.33. The van der Waals surface area contributed by atoms with E-state index in [1.54, 1.807) is 66.8 Å². The summed E-state index contributed by atoms with van der Waals surface area (Å²) >= 11 is 8.90. The van der Waals surface area contributed by atoms with E-state index in [-0.39, 0.29) is 11.7 Å². The summed E-state index contributed by atoms with van der Waals surface area (Å²) in [6, 6.07) is 30.2. The summed E-state index contributed by atoms with van der Waals surface area (Å²) < 4.78 is 0. The Morgan fingerprint density at radius 1 is 1.00 bits per heavy atom. The number of halogens is 1. The molecule has 0 radical (unpaired) electrons. The first-order valence-corrected chi connectivity index (χ1v) is 15.6. The van der Waals surface area contributed by atoms with Gasteiger partial charge in [0.1, 0.15) is 11.1 Å². The molecule has 43 heavy (non-hydrogen) atoms. The van der Waals surface area contributed by atoms with Crippen molar-refractivity contribution < 1.29 is 9.59 Å². The number of aryl methyl sites for hydroxylation is 1. The van der Waals surface area contributed by atoms with Crippen LogP contribution < -0.4 is 5.32 Å². The highest BCUT2D eigenvalue weighted by atomic mass is 35.5. The van der Waals surface area contributed by atoms with Crippen molar-refractivity contribution in [2.75, 3.05) is 5.32 Å². The van der Waals surface area contributed by atoms with Crippen molar-refractivity contribution in [2.45, 2.75) is 24.1 Å². The number of anilines is 1. The topological polar surface area (TPSA) is 82.8 Å². The van der Waals surface area contributed by atoms with Gasteiger partial charge in [0, 0.05) is 32.3 Å². The highest BCUT2D eigenvalue weighted by Gasteiger charge is 2.22. The average Bonchev–Trinajstić information content (AvgIpc) is 3.54. The first-order chi connectivity index (χ1) is 20.8. The second-order valence-electron chi connectivity index (χ2n) is 9.76. The number of thioether (sulfide) groups is 1. The molecule has 3 aromatic carbocycles. The smallest absolute Gasteiger partial charge is 0.237 e. The fourth-order valence-corrected chi connectivity index (χ4v) is 5.94. The van der Waals surface area contributed by atoms with Crippen LogP contribution in [0, 0.1) is 18.3 Å². The zero-order chi connectivity index (χ0) is 30.3. The molecule has 0 aliphatic heterocycles. The SMILES string of the molecule is Cc1ccc(-c2cc(-c3ccc(Cl)cc3)nc(SC(C)C(=O)Nc3ccc(C(=O)/C=C/c4cccs4)cc3)c2C#N)cc1. The molecule has 1 unspecified atom stereocenters. The fourth-order valence-electron chi connectivity index (χ4n) is 4.27. The number of ketones is 1. The minimum atomic E-state index is -0.569. The quantitative estimate of drug-likeness (QED) is 0.101. The second kappa shape index (κ2) is 13.7. The Kier molecular flexibility index (Phi) is 9.53. The van der Waals surface area contributed by atoms with Crippen LogP contribution in [-0.2, 0) is 4.79 Å². The molecule has 0 fully saturated rings. The van der Waals surface area contributed by atoms with Gasteiger partial charge in [0.2, 0.25) is 5.91 Å². The number of thiophene rings is 1. The molecule has 0 bridgehead atoms. The molecular weight excluding hydrogens is 594 g/mol. The zero-order valence-corrected chi connectivity index (χ0v) is 25.8. The van der Waals surface area contributed by atoms with Gasteiger partial charge < -0.3 is 5.32 Å². The van der Waals surface area contributed by atoms with E-state index in [4.69, 9.17) is 16.6 Å². The molecule has 0 saturated heterocycles. The van der Waals surface area contributed by atoms with E-state index in [9.17, 15) is 14.9 Å². The molecule has 5 rings (SSSR count). The van der Waals surface area contributed by atoms with E-state index in [1.165, 1.54) is 11.8 Å². The van der Waals surface area contributed by atoms with E-state index in [2.05, 4.69) is 11.4 Å². The molecule has 0 aliphatic rings. The van der Waals surface area contributed by atoms with Crippen LogP contribution in [0.4, 0.5) is 5.69 Å². The minimum absolute atomic E-state index is 0.116. The lowest BCUT2D eigenvalue weighted by Gasteiger charge is -2.16. The Hall–Kier alpha value is -4.48. The first kappa shape index (κ1) is 30.0. The Morgan fingerprint density at radius 3 is 2.35 bits per heavy atom. The van der Waals surface area contributed by atoms with Crippen LogP contribution in [0.15, 0.2) is 107 Å². The lowest BCUT2D eigenvalue weighted by molar-refractivity contribution is -0.115. The zero-order valence-electron chi connectivity index (χ0n) is 23.4. The molecule has 212 valence electrons. The molecule has 1 atom stereocenters. The number of rotatable bonds is 9. The third kappa shape index (κ3) is 7.49. The summed E-state index contributed by atoms with van der Waals surface area (Å²) in [7, 11) is 0. The van der Waals surface area contributed by atoms with Gasteiger partial charge in [-0.15, -0.1) is 11.3 Å². The van der Waals surface area contributed by atoms with Gasteiger partial charge in [-0.05, 0) is 85.5 Å². The highest BCUT2D eigenvalue weighted by Crippen LogP contribution is 2.36. The maximum absolute atomic E-state index is 13.2. The number of pyridine rings is 1. The molecule has 5 nitrogen and oxygen atoms in total. The van der Waals surface area contributed by atoms with Gasteiger partial charge in [-0.2, -0.15) is 5.26 Å². The van der Waals surface area contributed by atoms with Crippen LogP contribution in [0.1, 0.15) is 33.3 Å². The maximum Gasteiger partial charge on any atom is 0.237 e. The molecule has 5 aromatic rings. The normalized spacial score (nSPS) is 11.7. The van der Waals surface area contributed by atoms with Crippen LogP contribution >= 0.6 is 34.7 Å². The maximum atomic E-state index is 13.2. The van der Waals surface area contributed by atoms with Gasteiger partial charge in [0.25, 0.3) is 0 Å². The Bertz CT molecular complexity index is 1830. The highest BCUT2D eigenvalue weighted by molar-refractivity contribution is 8.00. The number of nitriles is 1. The third-order valence-corrected chi connectivity index (χ3v) is 8.81. The van der Waals surface area contributed by atoms with Crippen molar-refractivity contribution in [1.29, 1.82) is 5.26 Å². The number of hydrogen-bond donors (Lipinski definition) is 1. The van der Waals surface area contributed by atoms with Crippen LogP contribution in [-0.4, -0.2) is 21.9 Å². The summed E-state index contributed by atoms with van der Waals surface area (Å²) in [6.45, 7) is 3.79. The third-order valence-electron chi connectivity index (χ3n) is 6.64. The molecular formula is C35H26ClN3O2S2. The standard InChI is InChI=1S/C35H26ClN3O2S2/c1-22-5-7-24(8-6-22)30-20-32(25-9-13-27(36)14-10-25)39-35(31(30)21-37)43-23(2)34(41)38-28-15-11-26(12-16-28)33(40)18-17-29-4-3-19-42-29/h3-20,23H,1-2H3,(H,38,41)/b18-17+. The van der Waals surface area contributed by atoms with Gasteiger partial charge in [-0.1, -0.05) is 71.4 Å². The van der Waals surface area contributed by atoms with Crippen molar-refractivity contribution in [2.24, 2.45) is 0 Å². The molecule has 0 saturated carbocycles. The van der Waals surface area contributed by atoms with Crippen molar-refractivity contribution in [3.05, 3.63) is 129 Å². The van der Waals surface area contributed by atoms with Gasteiger partial charge >= 0.3 is 0 Å². The number of aromatic nitrogens is 1. The number of carbonyl (C=O) groups excluding carboxylic acids is 2. The summed E-state index contributed by atoms with van der Waals surface area (Å²) in [5.74, 6) is -0.364. The summed E-state index contributed by atoms with van der Waals surface area (Å²) in [4.78, 5) is 31.6. The van der Waals surface area contributed by atoms with Gasteiger partial charge in [0.15, 0.2) is 5.78 Å². The molecule has 8 heteroatoms. The van der Waals surface area contributed by atoms with Gasteiger partial charge in [-0.25, -0.2) is 4.98 Å². The first-order valence-electron chi connectivity index (χ1n) is 13.4. The van der Waals surface area contributed by atoms with Crippen LogP contribution in [0.5, 0.6) is 0 Å². The Labute approximate surface area is 263 Å². The number of hydrogen-bond acceptors (Lipinski definition) is 6. The lowest BCUT2D eigenvalue weighted by Crippen LogP contribution is -2.22. The molecule has 1 N–H and O–H groups in total. The lowest BCUT2D eigenvalue weighted by atomic mass is 9.98. The molecule has 0 aliphatic carbocycles. The number of amides is 1.